The fourth-order valence-electron chi connectivity index (χ4n) is 2.14. The second-order valence-corrected chi connectivity index (χ2v) is 3.92. The molecule has 4 nitrogen and oxygen atoms in total. The van der Waals surface area contributed by atoms with Crippen LogP contribution >= 0.6 is 0 Å². The lowest BCUT2D eigenvalue weighted by molar-refractivity contribution is -0.150. The molecule has 0 aromatic rings. The molecule has 0 radical (unpaired) electrons. The molecule has 2 rings (SSSR count). The quantitative estimate of drug-likeness (QED) is 0.480. The van der Waals surface area contributed by atoms with Gasteiger partial charge >= 0.3 is 5.97 Å². The minimum Gasteiger partial charge on any atom is -0.459 e. The number of hydrogen-bond acceptors (Lipinski definition) is 4. The van der Waals surface area contributed by atoms with E-state index in [1.54, 1.807) is 6.92 Å². The topological polar surface area (TPSA) is 66.8 Å². The molecule has 0 amide bonds. The Morgan fingerprint density at radius 1 is 1.67 bits per heavy atom. The van der Waals surface area contributed by atoms with Crippen molar-refractivity contribution < 1.29 is 19.7 Å². The lowest BCUT2D eigenvalue weighted by atomic mass is 10.0. The van der Waals surface area contributed by atoms with Crippen molar-refractivity contribution in [2.45, 2.75) is 37.6 Å². The first-order valence-electron chi connectivity index (χ1n) is 4.10. The zero-order valence-electron chi connectivity index (χ0n) is 6.86. The van der Waals surface area contributed by atoms with Gasteiger partial charge in [-0.15, -0.1) is 0 Å². The van der Waals surface area contributed by atoms with Gasteiger partial charge in [-0.3, -0.25) is 4.79 Å². The molecule has 0 unspecified atom stereocenters. The highest BCUT2D eigenvalue weighted by molar-refractivity contribution is 5.72. The van der Waals surface area contributed by atoms with Gasteiger partial charge in [-0.2, -0.15) is 0 Å². The van der Waals surface area contributed by atoms with E-state index in [1.807, 2.05) is 0 Å². The molecular weight excluding hydrogens is 160 g/mol. The van der Waals surface area contributed by atoms with Gasteiger partial charge in [0.2, 0.25) is 0 Å². The lowest BCUT2D eigenvalue weighted by Gasteiger charge is -2.23. The van der Waals surface area contributed by atoms with Gasteiger partial charge in [-0.1, -0.05) is 0 Å². The number of carbonyl (C=O) groups excluding carboxylic acids is 1. The number of hydrogen-bond donors (Lipinski definition) is 2. The molecule has 1 saturated heterocycles. The average molecular weight is 172 g/mol. The Labute approximate surface area is 70.1 Å². The van der Waals surface area contributed by atoms with Crippen LogP contribution in [-0.4, -0.2) is 34.0 Å². The molecule has 68 valence electrons. The van der Waals surface area contributed by atoms with Gasteiger partial charge in [-0.05, 0) is 13.3 Å². The third-order valence-electron chi connectivity index (χ3n) is 2.78. The van der Waals surface area contributed by atoms with E-state index in [0.717, 1.165) is 0 Å². The van der Waals surface area contributed by atoms with Gasteiger partial charge in [0.25, 0.3) is 0 Å². The van der Waals surface area contributed by atoms with Crippen molar-refractivity contribution in [2.75, 3.05) is 0 Å². The first-order chi connectivity index (χ1) is 5.50. The first-order valence-corrected chi connectivity index (χ1v) is 4.10. The van der Waals surface area contributed by atoms with Gasteiger partial charge < -0.3 is 14.9 Å². The largest absolute Gasteiger partial charge is 0.459 e. The van der Waals surface area contributed by atoms with E-state index in [0.29, 0.717) is 12.8 Å². The molecule has 0 aromatic heterocycles. The second kappa shape index (κ2) is 2.20. The van der Waals surface area contributed by atoms with Gasteiger partial charge in [0, 0.05) is 5.92 Å². The van der Waals surface area contributed by atoms with Crippen LogP contribution in [0.3, 0.4) is 0 Å². The zero-order chi connectivity index (χ0) is 8.93. The van der Waals surface area contributed by atoms with Gasteiger partial charge in [-0.25, -0.2) is 0 Å². The van der Waals surface area contributed by atoms with E-state index < -0.39 is 17.8 Å². The maximum Gasteiger partial charge on any atom is 0.306 e. The number of rotatable bonds is 0. The molecule has 4 atom stereocenters. The third-order valence-corrected chi connectivity index (χ3v) is 2.78. The van der Waals surface area contributed by atoms with Crippen molar-refractivity contribution in [1.82, 2.24) is 0 Å². The van der Waals surface area contributed by atoms with Crippen molar-refractivity contribution in [1.29, 1.82) is 0 Å². The molecule has 1 aliphatic heterocycles. The molecule has 2 N–H and O–H groups in total. The predicted molar refractivity (Wildman–Crippen MR) is 39.2 cm³/mol. The van der Waals surface area contributed by atoms with Crippen molar-refractivity contribution in [3.05, 3.63) is 0 Å². The molecule has 2 aliphatic rings. The summed E-state index contributed by atoms with van der Waals surface area (Å²) in [5, 5.41) is 19.1. The van der Waals surface area contributed by atoms with E-state index in [1.165, 1.54) is 0 Å². The van der Waals surface area contributed by atoms with Crippen LogP contribution in [0, 0.1) is 5.92 Å². The standard InChI is InChI=1S/C8H12O4/c1-8(11)3-4-2-5(9)12-6(4)7(8)10/h4,6-7,10-11H,2-3H2,1H3/t4-,6-,7-,8+/m1/s1. The summed E-state index contributed by atoms with van der Waals surface area (Å²) in [6.45, 7) is 1.57. The minimum atomic E-state index is -1.09. The van der Waals surface area contributed by atoms with Crippen molar-refractivity contribution in [3.8, 4) is 0 Å². The minimum absolute atomic E-state index is 0.00231. The van der Waals surface area contributed by atoms with Gasteiger partial charge in [0.1, 0.15) is 12.2 Å². The van der Waals surface area contributed by atoms with Gasteiger partial charge in [0.05, 0.1) is 12.0 Å². The Balaban J connectivity index is 2.19. The summed E-state index contributed by atoms with van der Waals surface area (Å²) < 4.78 is 4.88. The third kappa shape index (κ3) is 0.949. The predicted octanol–water partition coefficient (Wildman–Crippen LogP) is -0.566. The average Bonchev–Trinajstić information content (AvgIpc) is 2.35. The van der Waals surface area contributed by atoms with Gasteiger partial charge in [0.15, 0.2) is 0 Å². The fraction of sp³-hybridized carbons (Fsp3) is 0.875. The summed E-state index contributed by atoms with van der Waals surface area (Å²) in [5.74, 6) is -0.262. The summed E-state index contributed by atoms with van der Waals surface area (Å²) in [4.78, 5) is 10.8. The lowest BCUT2D eigenvalue weighted by Crippen LogP contribution is -2.40. The number of carbonyl (C=O) groups is 1. The molecule has 1 saturated carbocycles. The van der Waals surface area contributed by atoms with E-state index in [4.69, 9.17) is 4.74 Å². The SMILES string of the molecule is C[C@]1(O)C[C@H]2CC(=O)O[C@H]2[C@H]1O. The van der Waals surface area contributed by atoms with Crippen LogP contribution in [0.1, 0.15) is 19.8 Å². The first kappa shape index (κ1) is 8.01. The number of esters is 1. The molecule has 2 fully saturated rings. The summed E-state index contributed by atoms with van der Waals surface area (Å²) >= 11 is 0. The van der Waals surface area contributed by atoms with Crippen molar-refractivity contribution >= 4 is 5.97 Å². The van der Waals surface area contributed by atoms with Crippen molar-refractivity contribution in [3.63, 3.8) is 0 Å². The highest BCUT2D eigenvalue weighted by Gasteiger charge is 2.54. The summed E-state index contributed by atoms with van der Waals surface area (Å²) in [6.07, 6.45) is -0.621. The maximum atomic E-state index is 10.8. The van der Waals surface area contributed by atoms with Crippen LogP contribution in [0.25, 0.3) is 0 Å². The monoisotopic (exact) mass is 172 g/mol. The summed E-state index contributed by atoms with van der Waals surface area (Å²) in [7, 11) is 0. The van der Waals surface area contributed by atoms with Crippen LogP contribution in [0.5, 0.6) is 0 Å². The number of fused-ring (bicyclic) bond motifs is 1. The smallest absolute Gasteiger partial charge is 0.306 e. The fourth-order valence-corrected chi connectivity index (χ4v) is 2.14. The normalized spacial score (nSPS) is 52.2. The molecule has 0 bridgehead atoms. The van der Waals surface area contributed by atoms with Crippen LogP contribution in [0.2, 0.25) is 0 Å². The second-order valence-electron chi connectivity index (χ2n) is 3.92. The number of aliphatic hydroxyl groups is 2. The Kier molecular flexibility index (Phi) is 1.47. The Hall–Kier alpha value is -0.610. The molecule has 0 spiro atoms. The Morgan fingerprint density at radius 2 is 2.33 bits per heavy atom. The summed E-state index contributed by atoms with van der Waals surface area (Å²) in [6, 6.07) is 0. The highest BCUT2D eigenvalue weighted by Crippen LogP contribution is 2.42. The zero-order valence-corrected chi connectivity index (χ0v) is 6.86. The number of aliphatic hydroxyl groups excluding tert-OH is 1. The molecule has 1 heterocycles. The molecule has 1 aliphatic carbocycles. The maximum absolute atomic E-state index is 10.8. The van der Waals surface area contributed by atoms with Crippen LogP contribution in [0.15, 0.2) is 0 Å². The van der Waals surface area contributed by atoms with E-state index in [2.05, 4.69) is 0 Å². The Morgan fingerprint density at radius 3 is 2.92 bits per heavy atom. The van der Waals surface area contributed by atoms with E-state index in [-0.39, 0.29) is 11.9 Å². The molecule has 4 heteroatoms. The molecule has 0 aromatic carbocycles. The Bertz CT molecular complexity index is 223. The van der Waals surface area contributed by atoms with E-state index in [9.17, 15) is 15.0 Å². The highest BCUT2D eigenvalue weighted by atomic mass is 16.6. The molecular formula is C8H12O4. The number of ether oxygens (including phenoxy) is 1. The van der Waals surface area contributed by atoms with Crippen LogP contribution < -0.4 is 0 Å². The van der Waals surface area contributed by atoms with Crippen molar-refractivity contribution in [2.24, 2.45) is 5.92 Å². The van der Waals surface area contributed by atoms with Crippen LogP contribution in [0.4, 0.5) is 0 Å². The van der Waals surface area contributed by atoms with E-state index >= 15 is 0 Å². The molecule has 12 heavy (non-hydrogen) atoms. The van der Waals surface area contributed by atoms with Crippen LogP contribution in [-0.2, 0) is 9.53 Å². The summed E-state index contributed by atoms with van der Waals surface area (Å²) in [5.41, 5.74) is -1.09.